The van der Waals surface area contributed by atoms with Gasteiger partial charge in [0.2, 0.25) is 0 Å². The molecular formula is C21H19N3O4. The number of ketones is 1. The fourth-order valence-electron chi connectivity index (χ4n) is 3.60. The number of carbonyl (C=O) groups is 1. The van der Waals surface area contributed by atoms with Crippen molar-refractivity contribution in [2.24, 2.45) is 0 Å². The Kier molecular flexibility index (Phi) is 4.89. The highest BCUT2D eigenvalue weighted by atomic mass is 16.6. The van der Waals surface area contributed by atoms with Gasteiger partial charge in [-0.05, 0) is 30.5 Å². The highest BCUT2D eigenvalue weighted by molar-refractivity contribution is 5.99. The number of carbonyl (C=O) groups excluding carboxylic acids is 1. The van der Waals surface area contributed by atoms with Crippen molar-refractivity contribution in [2.75, 3.05) is 0 Å². The molecule has 1 aliphatic rings. The van der Waals surface area contributed by atoms with E-state index in [9.17, 15) is 14.9 Å². The van der Waals surface area contributed by atoms with Gasteiger partial charge in [0.1, 0.15) is 6.10 Å². The summed E-state index contributed by atoms with van der Waals surface area (Å²) in [6, 6.07) is 12.8. The number of benzene rings is 2. The smallest absolute Gasteiger partial charge is 0.314 e. The summed E-state index contributed by atoms with van der Waals surface area (Å²) in [5.74, 6) is 0.140. The maximum Gasteiger partial charge on any atom is 0.314 e. The molecule has 0 spiro atoms. The van der Waals surface area contributed by atoms with Gasteiger partial charge in [-0.2, -0.15) is 0 Å². The summed E-state index contributed by atoms with van der Waals surface area (Å²) in [6.07, 6.45) is 6.29. The molecule has 0 radical (unpaired) electrons. The zero-order valence-electron chi connectivity index (χ0n) is 15.2. The normalized spacial score (nSPS) is 14.4. The number of nitro groups is 1. The zero-order valence-corrected chi connectivity index (χ0v) is 15.2. The highest BCUT2D eigenvalue weighted by Crippen LogP contribution is 2.39. The van der Waals surface area contributed by atoms with Crippen LogP contribution in [0.1, 0.15) is 40.4 Å². The summed E-state index contributed by atoms with van der Waals surface area (Å²) < 4.78 is 8.03. The molecule has 4 rings (SSSR count). The van der Waals surface area contributed by atoms with Crippen LogP contribution in [0.5, 0.6) is 5.75 Å². The molecule has 0 amide bonds. The second-order valence-electron chi connectivity index (χ2n) is 6.75. The molecule has 0 fully saturated rings. The molecule has 0 saturated heterocycles. The van der Waals surface area contributed by atoms with Crippen LogP contribution in [-0.2, 0) is 13.0 Å². The van der Waals surface area contributed by atoms with Crippen molar-refractivity contribution < 1.29 is 14.5 Å². The van der Waals surface area contributed by atoms with E-state index in [1.54, 1.807) is 24.7 Å². The van der Waals surface area contributed by atoms with E-state index in [1.807, 2.05) is 41.1 Å². The van der Waals surface area contributed by atoms with Crippen LogP contribution in [-0.4, -0.2) is 20.3 Å². The van der Waals surface area contributed by atoms with E-state index in [1.165, 1.54) is 0 Å². The first-order chi connectivity index (χ1) is 13.6. The second-order valence-corrected chi connectivity index (χ2v) is 6.75. The number of ether oxygens (including phenoxy) is 1. The number of imidazole rings is 1. The Bertz CT molecular complexity index is 1000. The van der Waals surface area contributed by atoms with Crippen LogP contribution in [0.3, 0.4) is 0 Å². The SMILES string of the molecule is O=C1CCCc2c1ccc(OC(Cn1ccnc1)c1ccccc1)c2[N+](=O)[O-]. The minimum atomic E-state index is -0.438. The molecular weight excluding hydrogens is 358 g/mol. The quantitative estimate of drug-likeness (QED) is 0.476. The van der Waals surface area contributed by atoms with Crippen LogP contribution in [0.15, 0.2) is 61.2 Å². The molecule has 28 heavy (non-hydrogen) atoms. The van der Waals surface area contributed by atoms with Crippen molar-refractivity contribution in [1.82, 2.24) is 9.55 Å². The van der Waals surface area contributed by atoms with Gasteiger partial charge in [0.05, 0.1) is 17.8 Å². The Morgan fingerprint density at radius 3 is 2.71 bits per heavy atom. The monoisotopic (exact) mass is 377 g/mol. The van der Waals surface area contributed by atoms with Gasteiger partial charge in [-0.25, -0.2) is 4.98 Å². The van der Waals surface area contributed by atoms with Crippen molar-refractivity contribution in [1.29, 1.82) is 0 Å². The fraction of sp³-hybridized carbons (Fsp3) is 0.238. The largest absolute Gasteiger partial charge is 0.477 e. The third-order valence-corrected chi connectivity index (χ3v) is 4.94. The van der Waals surface area contributed by atoms with Gasteiger partial charge in [-0.3, -0.25) is 14.9 Å². The lowest BCUT2D eigenvalue weighted by Crippen LogP contribution is -2.17. The van der Waals surface area contributed by atoms with Crippen LogP contribution < -0.4 is 4.74 Å². The molecule has 1 unspecified atom stereocenters. The third-order valence-electron chi connectivity index (χ3n) is 4.94. The minimum Gasteiger partial charge on any atom is -0.477 e. The summed E-state index contributed by atoms with van der Waals surface area (Å²) in [7, 11) is 0. The molecule has 0 saturated carbocycles. The number of rotatable bonds is 6. The maximum absolute atomic E-state index is 12.2. The third kappa shape index (κ3) is 3.51. The molecule has 1 heterocycles. The van der Waals surface area contributed by atoms with Crippen molar-refractivity contribution in [3.8, 4) is 5.75 Å². The lowest BCUT2D eigenvalue weighted by molar-refractivity contribution is -0.386. The fourth-order valence-corrected chi connectivity index (χ4v) is 3.60. The highest BCUT2D eigenvalue weighted by Gasteiger charge is 2.30. The molecule has 3 aromatic rings. The lowest BCUT2D eigenvalue weighted by atomic mass is 9.89. The van der Waals surface area contributed by atoms with Gasteiger partial charge in [-0.1, -0.05) is 30.3 Å². The number of Topliss-reactive ketones (excluding diaryl/α,β-unsaturated/α-hetero) is 1. The number of hydrogen-bond acceptors (Lipinski definition) is 5. The minimum absolute atomic E-state index is 0.0473. The van der Waals surface area contributed by atoms with E-state index in [2.05, 4.69) is 4.98 Å². The number of hydrogen-bond donors (Lipinski definition) is 0. The maximum atomic E-state index is 12.2. The molecule has 1 aliphatic carbocycles. The molecule has 1 aromatic heterocycles. The number of nitro benzene ring substituents is 1. The van der Waals surface area contributed by atoms with Crippen molar-refractivity contribution >= 4 is 11.5 Å². The Labute approximate surface area is 161 Å². The van der Waals surface area contributed by atoms with Gasteiger partial charge in [0.15, 0.2) is 11.5 Å². The van der Waals surface area contributed by atoms with Gasteiger partial charge < -0.3 is 9.30 Å². The summed E-state index contributed by atoms with van der Waals surface area (Å²) in [5, 5.41) is 11.8. The van der Waals surface area contributed by atoms with Crippen LogP contribution in [0.4, 0.5) is 5.69 Å². The van der Waals surface area contributed by atoms with Crippen LogP contribution in [0.2, 0.25) is 0 Å². The topological polar surface area (TPSA) is 87.3 Å². The van der Waals surface area contributed by atoms with E-state index in [-0.39, 0.29) is 17.2 Å². The van der Waals surface area contributed by atoms with E-state index >= 15 is 0 Å². The van der Waals surface area contributed by atoms with Gasteiger partial charge in [0.25, 0.3) is 0 Å². The van der Waals surface area contributed by atoms with E-state index in [0.717, 1.165) is 5.56 Å². The molecule has 7 heteroatoms. The molecule has 0 N–H and O–H groups in total. The lowest BCUT2D eigenvalue weighted by Gasteiger charge is -2.22. The Balaban J connectivity index is 1.74. The Morgan fingerprint density at radius 1 is 1.18 bits per heavy atom. The summed E-state index contributed by atoms with van der Waals surface area (Å²) in [5.41, 5.74) is 1.72. The molecule has 0 bridgehead atoms. The standard InChI is InChI=1S/C21H19N3O4/c25-18-8-4-7-17-16(18)9-10-19(21(17)24(26)27)28-20(13-23-12-11-22-14-23)15-5-2-1-3-6-15/h1-3,5-6,9-12,14,20H,4,7-8,13H2. The van der Waals surface area contributed by atoms with Crippen molar-refractivity contribution in [2.45, 2.75) is 31.9 Å². The zero-order chi connectivity index (χ0) is 19.5. The van der Waals surface area contributed by atoms with Crippen molar-refractivity contribution in [3.63, 3.8) is 0 Å². The van der Waals surface area contributed by atoms with Gasteiger partial charge in [0, 0.05) is 29.9 Å². The van der Waals surface area contributed by atoms with E-state index in [4.69, 9.17) is 4.74 Å². The van der Waals surface area contributed by atoms with E-state index in [0.29, 0.717) is 36.9 Å². The van der Waals surface area contributed by atoms with Crippen LogP contribution in [0.25, 0.3) is 0 Å². The number of aromatic nitrogens is 2. The first-order valence-electron chi connectivity index (χ1n) is 9.14. The van der Waals surface area contributed by atoms with E-state index < -0.39 is 11.0 Å². The number of fused-ring (bicyclic) bond motifs is 1. The summed E-state index contributed by atoms with van der Waals surface area (Å²) >= 11 is 0. The second kappa shape index (κ2) is 7.64. The average Bonchev–Trinajstić information content (AvgIpc) is 3.21. The first-order valence-corrected chi connectivity index (χ1v) is 9.14. The predicted molar refractivity (Wildman–Crippen MR) is 102 cm³/mol. The van der Waals surface area contributed by atoms with Crippen molar-refractivity contribution in [3.05, 3.63) is 88.0 Å². The summed E-state index contributed by atoms with van der Waals surface area (Å²) in [4.78, 5) is 27.6. The molecule has 0 aliphatic heterocycles. The molecule has 2 aromatic carbocycles. The predicted octanol–water partition coefficient (Wildman–Crippen LogP) is 4.13. The summed E-state index contributed by atoms with van der Waals surface area (Å²) in [6.45, 7) is 0.456. The van der Waals surface area contributed by atoms with Crippen LogP contribution in [0, 0.1) is 10.1 Å². The molecule has 142 valence electrons. The first kappa shape index (κ1) is 17.9. The molecule has 1 atom stereocenters. The Morgan fingerprint density at radius 2 is 2.00 bits per heavy atom. The Hall–Kier alpha value is -3.48. The molecule has 7 nitrogen and oxygen atoms in total. The van der Waals surface area contributed by atoms with Gasteiger partial charge in [-0.15, -0.1) is 0 Å². The average molecular weight is 377 g/mol. The van der Waals surface area contributed by atoms with Gasteiger partial charge >= 0.3 is 5.69 Å². The number of nitrogens with zero attached hydrogens (tertiary/aromatic N) is 3. The van der Waals surface area contributed by atoms with Crippen LogP contribution >= 0.6 is 0 Å².